The van der Waals surface area contributed by atoms with E-state index in [1.54, 1.807) is 30.5 Å². The van der Waals surface area contributed by atoms with Gasteiger partial charge in [-0.3, -0.25) is 9.59 Å². The molecule has 0 radical (unpaired) electrons. The van der Waals surface area contributed by atoms with E-state index in [0.717, 1.165) is 23.3 Å². The van der Waals surface area contributed by atoms with Gasteiger partial charge in [0, 0.05) is 17.7 Å². The highest BCUT2D eigenvalue weighted by Gasteiger charge is 2.05. The Morgan fingerprint density at radius 1 is 0.935 bits per heavy atom. The Labute approximate surface area is 182 Å². The summed E-state index contributed by atoms with van der Waals surface area (Å²) >= 11 is 0. The van der Waals surface area contributed by atoms with Crippen LogP contribution in [0.1, 0.15) is 41.3 Å². The molecule has 0 bridgehead atoms. The summed E-state index contributed by atoms with van der Waals surface area (Å²) in [6.07, 6.45) is 2.82. The van der Waals surface area contributed by atoms with Crippen LogP contribution < -0.4 is 15.5 Å². The molecule has 2 amide bonds. The molecule has 0 spiro atoms. The number of nitrogens with zero attached hydrogens (tertiary/aromatic N) is 1. The lowest BCUT2D eigenvalue weighted by atomic mass is 10.2. The lowest BCUT2D eigenvalue weighted by Crippen LogP contribution is -2.17. The number of amides is 2. The predicted molar refractivity (Wildman–Crippen MR) is 122 cm³/mol. The van der Waals surface area contributed by atoms with Crippen LogP contribution in [-0.2, 0) is 11.4 Å². The molecular weight excluding hydrogens is 390 g/mol. The number of hydrazone groups is 1. The smallest absolute Gasteiger partial charge is 0.271 e. The van der Waals surface area contributed by atoms with Gasteiger partial charge in [0.2, 0.25) is 5.91 Å². The van der Waals surface area contributed by atoms with Crippen LogP contribution >= 0.6 is 0 Å². The van der Waals surface area contributed by atoms with Crippen molar-refractivity contribution in [3.05, 3.63) is 95.6 Å². The summed E-state index contributed by atoms with van der Waals surface area (Å²) in [6, 6.07) is 24.1. The van der Waals surface area contributed by atoms with Crippen molar-refractivity contribution in [2.24, 2.45) is 5.10 Å². The number of hydrogen-bond donors (Lipinski definition) is 2. The maximum atomic E-state index is 12.2. The minimum atomic E-state index is -0.328. The number of anilines is 1. The maximum absolute atomic E-state index is 12.2. The van der Waals surface area contributed by atoms with Crippen LogP contribution in [0.5, 0.6) is 5.75 Å². The Balaban J connectivity index is 1.47. The lowest BCUT2D eigenvalue weighted by Gasteiger charge is -2.06. The fourth-order valence-corrected chi connectivity index (χ4v) is 2.78. The van der Waals surface area contributed by atoms with Gasteiger partial charge in [0.15, 0.2) is 0 Å². The van der Waals surface area contributed by atoms with Crippen LogP contribution in [-0.4, -0.2) is 18.0 Å². The highest BCUT2D eigenvalue weighted by atomic mass is 16.5. The second kappa shape index (κ2) is 11.3. The minimum Gasteiger partial charge on any atom is -0.489 e. The van der Waals surface area contributed by atoms with Crippen molar-refractivity contribution in [1.29, 1.82) is 0 Å². The highest BCUT2D eigenvalue weighted by Crippen LogP contribution is 2.14. The van der Waals surface area contributed by atoms with Crippen LogP contribution in [0.2, 0.25) is 0 Å². The normalized spacial score (nSPS) is 10.6. The van der Waals surface area contributed by atoms with E-state index < -0.39 is 0 Å². The molecule has 0 aliphatic rings. The van der Waals surface area contributed by atoms with Gasteiger partial charge in [0.05, 0.1) is 6.21 Å². The third kappa shape index (κ3) is 7.12. The van der Waals surface area contributed by atoms with E-state index in [9.17, 15) is 9.59 Å². The van der Waals surface area contributed by atoms with E-state index in [2.05, 4.69) is 15.8 Å². The number of benzene rings is 3. The van der Waals surface area contributed by atoms with Gasteiger partial charge >= 0.3 is 0 Å². The maximum Gasteiger partial charge on any atom is 0.271 e. The summed E-state index contributed by atoms with van der Waals surface area (Å²) < 4.78 is 5.75. The molecule has 6 nitrogen and oxygen atoms in total. The number of carbonyl (C=O) groups is 2. The summed E-state index contributed by atoms with van der Waals surface area (Å²) in [5.41, 5.74) is 5.55. The Morgan fingerprint density at radius 3 is 2.32 bits per heavy atom. The van der Waals surface area contributed by atoms with Gasteiger partial charge in [-0.2, -0.15) is 5.10 Å². The lowest BCUT2D eigenvalue weighted by molar-refractivity contribution is -0.116. The van der Waals surface area contributed by atoms with Crippen molar-refractivity contribution < 1.29 is 14.3 Å². The molecular formula is C25H25N3O3. The zero-order valence-corrected chi connectivity index (χ0v) is 17.4. The van der Waals surface area contributed by atoms with Crippen LogP contribution in [0.25, 0.3) is 0 Å². The topological polar surface area (TPSA) is 79.8 Å². The van der Waals surface area contributed by atoms with Gasteiger partial charge in [-0.25, -0.2) is 5.43 Å². The van der Waals surface area contributed by atoms with Crippen LogP contribution in [0.3, 0.4) is 0 Å². The van der Waals surface area contributed by atoms with Crippen LogP contribution in [0.15, 0.2) is 84.0 Å². The number of nitrogens with one attached hydrogen (secondary N) is 2. The van der Waals surface area contributed by atoms with Gasteiger partial charge in [-0.1, -0.05) is 37.3 Å². The standard InChI is InChI=1S/C25H25N3O3/c1-2-6-24(29)27-22-13-11-21(12-14-22)25(30)28-26-17-19-9-15-23(16-10-19)31-18-20-7-4-3-5-8-20/h3-5,7-17H,2,6,18H2,1H3,(H,27,29)(H,28,30)/b26-17+. The zero-order valence-electron chi connectivity index (χ0n) is 17.4. The fourth-order valence-electron chi connectivity index (χ4n) is 2.78. The molecule has 0 unspecified atom stereocenters. The minimum absolute atomic E-state index is 0.0409. The first kappa shape index (κ1) is 21.8. The first-order chi connectivity index (χ1) is 15.1. The van der Waals surface area contributed by atoms with E-state index >= 15 is 0 Å². The van der Waals surface area contributed by atoms with Crippen molar-refractivity contribution in [1.82, 2.24) is 5.43 Å². The summed E-state index contributed by atoms with van der Waals surface area (Å²) in [7, 11) is 0. The van der Waals surface area contributed by atoms with Gasteiger partial charge in [-0.05, 0) is 66.1 Å². The molecule has 3 rings (SSSR count). The number of carbonyl (C=O) groups excluding carboxylic acids is 2. The van der Waals surface area contributed by atoms with Crippen molar-refractivity contribution in [3.8, 4) is 5.75 Å². The van der Waals surface area contributed by atoms with E-state index in [4.69, 9.17) is 4.74 Å². The zero-order chi connectivity index (χ0) is 21.9. The molecule has 0 fully saturated rings. The number of hydrogen-bond acceptors (Lipinski definition) is 4. The van der Waals surface area contributed by atoms with Crippen molar-refractivity contribution in [3.63, 3.8) is 0 Å². The van der Waals surface area contributed by atoms with E-state index in [-0.39, 0.29) is 11.8 Å². The van der Waals surface area contributed by atoms with E-state index in [1.807, 2.05) is 61.5 Å². The molecule has 0 atom stereocenters. The van der Waals surface area contributed by atoms with Gasteiger partial charge < -0.3 is 10.1 Å². The van der Waals surface area contributed by atoms with E-state index in [1.165, 1.54) is 0 Å². The molecule has 0 aromatic heterocycles. The SMILES string of the molecule is CCCC(=O)Nc1ccc(C(=O)N/N=C/c2ccc(OCc3ccccc3)cc2)cc1. The second-order valence-electron chi connectivity index (χ2n) is 6.92. The molecule has 0 aliphatic carbocycles. The summed E-state index contributed by atoms with van der Waals surface area (Å²) in [6.45, 7) is 2.45. The molecule has 3 aromatic rings. The van der Waals surface area contributed by atoms with E-state index in [0.29, 0.717) is 24.3 Å². The van der Waals surface area contributed by atoms with Gasteiger partial charge in [-0.15, -0.1) is 0 Å². The third-order valence-electron chi connectivity index (χ3n) is 4.42. The molecule has 158 valence electrons. The second-order valence-corrected chi connectivity index (χ2v) is 6.92. The summed E-state index contributed by atoms with van der Waals surface area (Å²) in [5.74, 6) is 0.391. The first-order valence-corrected chi connectivity index (χ1v) is 10.1. The molecule has 31 heavy (non-hydrogen) atoms. The monoisotopic (exact) mass is 415 g/mol. The predicted octanol–water partition coefficient (Wildman–Crippen LogP) is 4.77. The van der Waals surface area contributed by atoms with Gasteiger partial charge in [0.1, 0.15) is 12.4 Å². The van der Waals surface area contributed by atoms with Crippen LogP contribution in [0.4, 0.5) is 5.69 Å². The Kier molecular flexibility index (Phi) is 7.94. The third-order valence-corrected chi connectivity index (χ3v) is 4.42. The average Bonchev–Trinajstić information content (AvgIpc) is 2.80. The molecule has 0 aliphatic heterocycles. The molecule has 2 N–H and O–H groups in total. The highest BCUT2D eigenvalue weighted by molar-refractivity contribution is 5.96. The largest absolute Gasteiger partial charge is 0.489 e. The molecule has 3 aromatic carbocycles. The van der Waals surface area contributed by atoms with Crippen molar-refractivity contribution in [2.45, 2.75) is 26.4 Å². The van der Waals surface area contributed by atoms with Crippen molar-refractivity contribution in [2.75, 3.05) is 5.32 Å². The Hall–Kier alpha value is -3.93. The first-order valence-electron chi connectivity index (χ1n) is 10.1. The number of ether oxygens (including phenoxy) is 1. The average molecular weight is 415 g/mol. The Bertz CT molecular complexity index is 1010. The molecule has 0 saturated carbocycles. The summed E-state index contributed by atoms with van der Waals surface area (Å²) in [5, 5.41) is 6.79. The van der Waals surface area contributed by atoms with Crippen LogP contribution in [0, 0.1) is 0 Å². The Morgan fingerprint density at radius 2 is 1.65 bits per heavy atom. The van der Waals surface area contributed by atoms with Crippen molar-refractivity contribution >= 4 is 23.7 Å². The molecule has 0 heterocycles. The molecule has 0 saturated heterocycles. The fraction of sp³-hybridized carbons (Fsp3) is 0.160. The quantitative estimate of drug-likeness (QED) is 0.390. The number of rotatable bonds is 9. The summed E-state index contributed by atoms with van der Waals surface area (Å²) in [4.78, 5) is 23.8. The molecule has 6 heteroatoms. The van der Waals surface area contributed by atoms with Gasteiger partial charge in [0.25, 0.3) is 5.91 Å².